The molecule has 0 saturated carbocycles. The van der Waals surface area contributed by atoms with Crippen LogP contribution in [0.2, 0.25) is 0 Å². The van der Waals surface area contributed by atoms with Crippen LogP contribution in [0.3, 0.4) is 0 Å². The molecule has 0 aromatic carbocycles. The number of hydrogen-bond acceptors (Lipinski definition) is 1. The predicted molar refractivity (Wildman–Crippen MR) is 26.2 cm³/mol. The van der Waals surface area contributed by atoms with E-state index in [0.29, 0.717) is 6.42 Å². The van der Waals surface area contributed by atoms with Gasteiger partial charge in [0.1, 0.15) is 7.11 Å². The molecule has 41 valence electrons. The molecule has 0 aliphatic heterocycles. The molecule has 0 amide bonds. The minimum Gasteiger partial charge on any atom is -0.498 e. The van der Waals surface area contributed by atoms with Crippen molar-refractivity contribution in [3.63, 3.8) is 0 Å². The normalized spacial score (nSPS) is 10.0. The average molecular weight is 103 g/mol. The van der Waals surface area contributed by atoms with Crippen LogP contribution in [0.25, 0.3) is 0 Å². The molecule has 0 unspecified atom stereocenters. The Balaban J connectivity index is 2.78. The minimum absolute atomic E-state index is 0.333. The Bertz CT molecular complexity index is 52.0. The van der Waals surface area contributed by atoms with Crippen molar-refractivity contribution < 1.29 is 9.13 Å². The van der Waals surface area contributed by atoms with Gasteiger partial charge in [0.05, 0.1) is 12.9 Å². The second-order valence-corrected chi connectivity index (χ2v) is 1.02. The number of allylic oxidation sites excluding steroid dienone is 1. The lowest BCUT2D eigenvalue weighted by molar-refractivity contribution is 0.390. The molecule has 0 rings (SSSR count). The molecule has 0 fully saturated rings. The van der Waals surface area contributed by atoms with E-state index in [1.54, 1.807) is 6.08 Å². The molecule has 2 heteroatoms. The van der Waals surface area contributed by atoms with Gasteiger partial charge in [-0.1, -0.05) is 0 Å². The van der Waals surface area contributed by atoms with Crippen molar-refractivity contribution in [1.29, 1.82) is 0 Å². The Morgan fingerprint density at radius 2 is 2.43 bits per heavy atom. The van der Waals surface area contributed by atoms with Crippen LogP contribution in [-0.4, -0.2) is 6.67 Å². The van der Waals surface area contributed by atoms with E-state index in [-0.39, 0.29) is 6.67 Å². The summed E-state index contributed by atoms with van der Waals surface area (Å²) in [6.07, 6.45) is 3.35. The van der Waals surface area contributed by atoms with Gasteiger partial charge in [-0.15, -0.1) is 0 Å². The maximum Gasteiger partial charge on any atom is 0.121 e. The first-order valence-electron chi connectivity index (χ1n) is 2.03. The maximum absolute atomic E-state index is 11.2. The van der Waals surface area contributed by atoms with Gasteiger partial charge in [0, 0.05) is 0 Å². The fourth-order valence-electron chi connectivity index (χ4n) is 0.199. The molecule has 0 spiro atoms. The van der Waals surface area contributed by atoms with Gasteiger partial charge in [-0.3, -0.25) is 4.39 Å². The zero-order valence-corrected chi connectivity index (χ0v) is 4.06. The summed E-state index contributed by atoms with van der Waals surface area (Å²) in [5.74, 6) is 0. The highest BCUT2D eigenvalue weighted by Crippen LogP contribution is 1.82. The summed E-state index contributed by atoms with van der Waals surface area (Å²) < 4.78 is 15.4. The predicted octanol–water partition coefficient (Wildman–Crippen LogP) is 1.67. The Morgan fingerprint density at radius 1 is 1.71 bits per heavy atom. The summed E-state index contributed by atoms with van der Waals surface area (Å²) in [4.78, 5) is 0. The second kappa shape index (κ2) is 5.47. The van der Waals surface area contributed by atoms with E-state index < -0.39 is 0 Å². The van der Waals surface area contributed by atoms with Gasteiger partial charge in [0.2, 0.25) is 0 Å². The quantitative estimate of drug-likeness (QED) is 0.493. The second-order valence-electron chi connectivity index (χ2n) is 1.02. The molecular formula is C5H8FO. The van der Waals surface area contributed by atoms with Gasteiger partial charge in [-0.2, -0.15) is 0 Å². The van der Waals surface area contributed by atoms with Crippen molar-refractivity contribution >= 4 is 0 Å². The van der Waals surface area contributed by atoms with Gasteiger partial charge in [-0.25, -0.2) is 0 Å². The number of hydrogen-bond donors (Lipinski definition) is 0. The van der Waals surface area contributed by atoms with Gasteiger partial charge in [-0.05, 0) is 12.5 Å². The minimum atomic E-state index is -0.333. The summed E-state index contributed by atoms with van der Waals surface area (Å²) in [7, 11) is 3.05. The third-order valence-corrected chi connectivity index (χ3v) is 0.468. The molecule has 7 heavy (non-hydrogen) atoms. The lowest BCUT2D eigenvalue weighted by atomic mass is 10.5. The summed E-state index contributed by atoms with van der Waals surface area (Å²) in [6, 6.07) is 0. The van der Waals surface area contributed by atoms with E-state index in [1.807, 2.05) is 0 Å². The zero-order valence-electron chi connectivity index (χ0n) is 4.06. The Morgan fingerprint density at radius 3 is 2.86 bits per heavy atom. The van der Waals surface area contributed by atoms with Crippen molar-refractivity contribution in [1.82, 2.24) is 0 Å². The highest BCUT2D eigenvalue weighted by atomic mass is 19.1. The molecule has 0 aromatic heterocycles. The van der Waals surface area contributed by atoms with Crippen molar-refractivity contribution in [2.75, 3.05) is 6.67 Å². The summed E-state index contributed by atoms with van der Waals surface area (Å²) >= 11 is 0. The molecule has 0 aromatic rings. The molecule has 0 aliphatic rings. The third kappa shape index (κ3) is 5.47. The smallest absolute Gasteiger partial charge is 0.121 e. The molecule has 1 radical (unpaired) electrons. The first-order valence-corrected chi connectivity index (χ1v) is 2.03. The van der Waals surface area contributed by atoms with Crippen LogP contribution in [0, 0.1) is 7.11 Å². The monoisotopic (exact) mass is 103 g/mol. The lowest BCUT2D eigenvalue weighted by Crippen LogP contribution is -1.67. The molecule has 0 N–H and O–H groups in total. The SMILES string of the molecule is [CH2]OC=CCCF. The number of rotatable bonds is 3. The lowest BCUT2D eigenvalue weighted by Gasteiger charge is -1.81. The fourth-order valence-corrected chi connectivity index (χ4v) is 0.199. The van der Waals surface area contributed by atoms with E-state index in [2.05, 4.69) is 11.8 Å². The van der Waals surface area contributed by atoms with Crippen LogP contribution in [0.15, 0.2) is 12.3 Å². The number of alkyl halides is 1. The van der Waals surface area contributed by atoms with E-state index in [1.165, 1.54) is 6.26 Å². The Kier molecular flexibility index (Phi) is 5.06. The van der Waals surface area contributed by atoms with Crippen molar-refractivity contribution in [3.05, 3.63) is 19.4 Å². The summed E-state index contributed by atoms with van der Waals surface area (Å²) in [5.41, 5.74) is 0. The zero-order chi connectivity index (χ0) is 5.54. The van der Waals surface area contributed by atoms with Crippen LogP contribution < -0.4 is 0 Å². The molecule has 0 bridgehead atoms. The topological polar surface area (TPSA) is 9.23 Å². The highest BCUT2D eigenvalue weighted by molar-refractivity contribution is 4.72. The van der Waals surface area contributed by atoms with E-state index in [4.69, 9.17) is 0 Å². The fraction of sp³-hybridized carbons (Fsp3) is 0.400. The summed E-state index contributed by atoms with van der Waals surface area (Å²) in [5, 5.41) is 0. The van der Waals surface area contributed by atoms with E-state index in [9.17, 15) is 4.39 Å². The third-order valence-electron chi connectivity index (χ3n) is 0.468. The average Bonchev–Trinajstić information content (AvgIpc) is 1.69. The van der Waals surface area contributed by atoms with Crippen molar-refractivity contribution in [2.24, 2.45) is 0 Å². The van der Waals surface area contributed by atoms with Crippen molar-refractivity contribution in [3.8, 4) is 0 Å². The molecule has 0 saturated heterocycles. The molecule has 1 nitrogen and oxygen atoms in total. The molecule has 0 atom stereocenters. The Labute approximate surface area is 42.8 Å². The first kappa shape index (κ1) is 6.47. The van der Waals surface area contributed by atoms with Gasteiger partial charge in [0.15, 0.2) is 0 Å². The van der Waals surface area contributed by atoms with Crippen LogP contribution >= 0.6 is 0 Å². The summed E-state index contributed by atoms with van der Waals surface area (Å²) in [6.45, 7) is -0.333. The standard InChI is InChI=1S/C5H8FO/c1-7-5-3-2-4-6/h3,5H,1-2,4H2. The van der Waals surface area contributed by atoms with E-state index in [0.717, 1.165) is 0 Å². The largest absolute Gasteiger partial charge is 0.498 e. The number of halogens is 1. The van der Waals surface area contributed by atoms with Gasteiger partial charge < -0.3 is 4.74 Å². The van der Waals surface area contributed by atoms with Crippen LogP contribution in [-0.2, 0) is 4.74 Å². The van der Waals surface area contributed by atoms with E-state index >= 15 is 0 Å². The molecule has 0 heterocycles. The Hall–Kier alpha value is -0.530. The van der Waals surface area contributed by atoms with Crippen molar-refractivity contribution in [2.45, 2.75) is 6.42 Å². The van der Waals surface area contributed by atoms with Gasteiger partial charge in [0.25, 0.3) is 0 Å². The van der Waals surface area contributed by atoms with Gasteiger partial charge >= 0.3 is 0 Å². The van der Waals surface area contributed by atoms with Crippen LogP contribution in [0.1, 0.15) is 6.42 Å². The maximum atomic E-state index is 11.2. The molecule has 0 aliphatic carbocycles. The number of ether oxygens (including phenoxy) is 1. The van der Waals surface area contributed by atoms with Crippen LogP contribution in [0.4, 0.5) is 4.39 Å². The molecular weight excluding hydrogens is 95.1 g/mol. The van der Waals surface area contributed by atoms with Crippen LogP contribution in [0.5, 0.6) is 0 Å². The first-order chi connectivity index (χ1) is 3.41. The highest BCUT2D eigenvalue weighted by Gasteiger charge is 1.71.